The number of methoxy groups -OCH3 is 1. The number of ether oxygens (including phenoxy) is 2. The predicted octanol–water partition coefficient (Wildman–Crippen LogP) is 2.66. The van der Waals surface area contributed by atoms with E-state index in [1.165, 1.54) is 6.42 Å². The van der Waals surface area contributed by atoms with Crippen LogP contribution in [0.1, 0.15) is 38.5 Å². The molecule has 0 radical (unpaired) electrons. The van der Waals surface area contributed by atoms with Crippen molar-refractivity contribution in [3.05, 3.63) is 24.3 Å². The van der Waals surface area contributed by atoms with Crippen molar-refractivity contribution < 1.29 is 14.3 Å². The highest BCUT2D eigenvalue weighted by Gasteiger charge is 2.34. The Kier molecular flexibility index (Phi) is 8.20. The third-order valence-corrected chi connectivity index (χ3v) is 4.11. The average molecular weight is 343 g/mol. The Morgan fingerprint density at radius 2 is 1.96 bits per heavy atom. The number of halogens is 1. The first-order valence-electron chi connectivity index (χ1n) is 7.98. The number of amides is 1. The Bertz CT molecular complexity index is 490. The lowest BCUT2D eigenvalue weighted by atomic mass is 9.82. The number of benzene rings is 1. The van der Waals surface area contributed by atoms with E-state index in [4.69, 9.17) is 15.2 Å². The Balaban J connectivity index is 0.00000264. The van der Waals surface area contributed by atoms with Crippen LogP contribution >= 0.6 is 12.4 Å². The van der Waals surface area contributed by atoms with Gasteiger partial charge in [0, 0.05) is 12.6 Å². The van der Waals surface area contributed by atoms with Gasteiger partial charge < -0.3 is 20.5 Å². The first-order valence-corrected chi connectivity index (χ1v) is 7.98. The molecule has 1 aliphatic rings. The number of nitrogens with two attached hydrogens (primary N) is 1. The molecule has 0 saturated heterocycles. The maximum atomic E-state index is 12.1. The molecule has 1 aromatic carbocycles. The Labute approximate surface area is 144 Å². The minimum atomic E-state index is -0.661. The van der Waals surface area contributed by atoms with Gasteiger partial charge in [-0.2, -0.15) is 0 Å². The van der Waals surface area contributed by atoms with Crippen molar-refractivity contribution in [2.24, 2.45) is 5.73 Å². The van der Waals surface area contributed by atoms with Crippen LogP contribution in [0.3, 0.4) is 0 Å². The van der Waals surface area contributed by atoms with E-state index in [1.54, 1.807) is 7.11 Å². The van der Waals surface area contributed by atoms with E-state index in [0.29, 0.717) is 13.2 Å². The van der Waals surface area contributed by atoms with Gasteiger partial charge in [0.25, 0.3) is 0 Å². The summed E-state index contributed by atoms with van der Waals surface area (Å²) in [7, 11) is 1.63. The molecule has 0 aliphatic heterocycles. The second kappa shape index (κ2) is 9.63. The standard InChI is InChI=1S/C17H26N2O3.ClH/c1-21-14-7-5-8-15(13-14)22-12-6-11-19-16(20)17(18)9-3-2-4-10-17;/h5,7-8,13H,2-4,6,9-12,18H2,1H3,(H,19,20);1H. The molecule has 1 aromatic rings. The molecule has 2 rings (SSSR count). The fourth-order valence-corrected chi connectivity index (χ4v) is 2.74. The van der Waals surface area contributed by atoms with Gasteiger partial charge in [-0.15, -0.1) is 12.4 Å². The van der Waals surface area contributed by atoms with Crippen molar-refractivity contribution in [2.75, 3.05) is 20.3 Å². The van der Waals surface area contributed by atoms with Crippen molar-refractivity contribution in [3.63, 3.8) is 0 Å². The maximum Gasteiger partial charge on any atom is 0.240 e. The Morgan fingerprint density at radius 3 is 2.65 bits per heavy atom. The van der Waals surface area contributed by atoms with Crippen LogP contribution in [0.2, 0.25) is 0 Å². The smallest absolute Gasteiger partial charge is 0.240 e. The zero-order valence-electron chi connectivity index (χ0n) is 13.7. The van der Waals surface area contributed by atoms with Crippen LogP contribution in [0.5, 0.6) is 11.5 Å². The highest BCUT2D eigenvalue weighted by Crippen LogP contribution is 2.25. The van der Waals surface area contributed by atoms with Gasteiger partial charge in [-0.1, -0.05) is 25.3 Å². The van der Waals surface area contributed by atoms with Gasteiger partial charge in [0.1, 0.15) is 11.5 Å². The second-order valence-electron chi connectivity index (χ2n) is 5.85. The van der Waals surface area contributed by atoms with E-state index < -0.39 is 5.54 Å². The fourth-order valence-electron chi connectivity index (χ4n) is 2.74. The zero-order valence-corrected chi connectivity index (χ0v) is 14.5. The van der Waals surface area contributed by atoms with E-state index in [9.17, 15) is 4.79 Å². The molecule has 0 heterocycles. The number of hydrogen-bond donors (Lipinski definition) is 2. The molecular formula is C17H27ClN2O3. The predicted molar refractivity (Wildman–Crippen MR) is 93.4 cm³/mol. The van der Waals surface area contributed by atoms with Crippen molar-refractivity contribution >= 4 is 18.3 Å². The molecule has 0 bridgehead atoms. The van der Waals surface area contributed by atoms with Crippen LogP contribution < -0.4 is 20.5 Å². The number of rotatable bonds is 7. The first-order chi connectivity index (χ1) is 10.6. The summed E-state index contributed by atoms with van der Waals surface area (Å²) >= 11 is 0. The third kappa shape index (κ3) is 5.92. The van der Waals surface area contributed by atoms with Gasteiger partial charge in [0.2, 0.25) is 5.91 Å². The molecule has 0 spiro atoms. The largest absolute Gasteiger partial charge is 0.497 e. The minimum Gasteiger partial charge on any atom is -0.497 e. The summed E-state index contributed by atoms with van der Waals surface area (Å²) < 4.78 is 10.8. The molecule has 130 valence electrons. The highest BCUT2D eigenvalue weighted by atomic mass is 35.5. The lowest BCUT2D eigenvalue weighted by Gasteiger charge is -2.31. The molecule has 0 unspecified atom stereocenters. The van der Waals surface area contributed by atoms with Gasteiger partial charge in [0.05, 0.1) is 19.3 Å². The summed E-state index contributed by atoms with van der Waals surface area (Å²) in [6.07, 6.45) is 5.60. The van der Waals surface area contributed by atoms with E-state index in [-0.39, 0.29) is 18.3 Å². The Morgan fingerprint density at radius 1 is 1.26 bits per heavy atom. The minimum absolute atomic E-state index is 0. The Hall–Kier alpha value is -1.46. The van der Waals surface area contributed by atoms with Crippen LogP contribution in [0.4, 0.5) is 0 Å². The summed E-state index contributed by atoms with van der Waals surface area (Å²) in [6.45, 7) is 1.13. The molecule has 1 fully saturated rings. The van der Waals surface area contributed by atoms with Crippen LogP contribution in [-0.4, -0.2) is 31.7 Å². The van der Waals surface area contributed by atoms with E-state index in [0.717, 1.165) is 43.6 Å². The molecule has 23 heavy (non-hydrogen) atoms. The molecule has 0 aromatic heterocycles. The van der Waals surface area contributed by atoms with Crippen LogP contribution in [-0.2, 0) is 4.79 Å². The summed E-state index contributed by atoms with van der Waals surface area (Å²) in [5.74, 6) is 1.52. The summed E-state index contributed by atoms with van der Waals surface area (Å²) in [6, 6.07) is 7.49. The zero-order chi connectivity index (χ0) is 15.8. The monoisotopic (exact) mass is 342 g/mol. The molecule has 1 amide bonds. The van der Waals surface area contributed by atoms with Crippen LogP contribution in [0, 0.1) is 0 Å². The van der Waals surface area contributed by atoms with Crippen molar-refractivity contribution in [2.45, 2.75) is 44.1 Å². The molecule has 0 atom stereocenters. The molecule has 6 heteroatoms. The van der Waals surface area contributed by atoms with Gasteiger partial charge in [-0.3, -0.25) is 4.79 Å². The van der Waals surface area contributed by atoms with Crippen molar-refractivity contribution in [1.29, 1.82) is 0 Å². The molecule has 1 aliphatic carbocycles. The highest BCUT2D eigenvalue weighted by molar-refractivity contribution is 5.86. The lowest BCUT2D eigenvalue weighted by Crippen LogP contribution is -2.55. The lowest BCUT2D eigenvalue weighted by molar-refractivity contribution is -0.127. The fraction of sp³-hybridized carbons (Fsp3) is 0.588. The summed E-state index contributed by atoms with van der Waals surface area (Å²) in [4.78, 5) is 12.1. The van der Waals surface area contributed by atoms with Gasteiger partial charge in [-0.25, -0.2) is 0 Å². The van der Waals surface area contributed by atoms with Gasteiger partial charge in [0.15, 0.2) is 0 Å². The summed E-state index contributed by atoms with van der Waals surface area (Å²) in [5, 5.41) is 2.93. The van der Waals surface area contributed by atoms with Crippen molar-refractivity contribution in [1.82, 2.24) is 5.32 Å². The molecule has 1 saturated carbocycles. The number of hydrogen-bond acceptors (Lipinski definition) is 4. The molecule has 3 N–H and O–H groups in total. The quantitative estimate of drug-likeness (QED) is 0.747. The number of nitrogens with one attached hydrogen (secondary N) is 1. The summed E-state index contributed by atoms with van der Waals surface area (Å²) in [5.41, 5.74) is 5.52. The van der Waals surface area contributed by atoms with E-state index in [2.05, 4.69) is 5.32 Å². The van der Waals surface area contributed by atoms with E-state index >= 15 is 0 Å². The van der Waals surface area contributed by atoms with Crippen LogP contribution in [0.15, 0.2) is 24.3 Å². The number of carbonyl (C=O) groups excluding carboxylic acids is 1. The second-order valence-corrected chi connectivity index (χ2v) is 5.85. The SMILES string of the molecule is COc1cccc(OCCCNC(=O)C2(N)CCCCC2)c1.Cl. The number of carbonyl (C=O) groups is 1. The van der Waals surface area contributed by atoms with Crippen LogP contribution in [0.25, 0.3) is 0 Å². The normalized spacial score (nSPS) is 16.1. The molecular weight excluding hydrogens is 316 g/mol. The topological polar surface area (TPSA) is 73.6 Å². The third-order valence-electron chi connectivity index (χ3n) is 4.11. The first kappa shape index (κ1) is 19.6. The molecule has 5 nitrogen and oxygen atoms in total. The maximum absolute atomic E-state index is 12.1. The van der Waals surface area contributed by atoms with Gasteiger partial charge in [-0.05, 0) is 31.4 Å². The van der Waals surface area contributed by atoms with E-state index in [1.807, 2.05) is 24.3 Å². The van der Waals surface area contributed by atoms with Crippen molar-refractivity contribution in [3.8, 4) is 11.5 Å². The van der Waals surface area contributed by atoms with Gasteiger partial charge >= 0.3 is 0 Å². The average Bonchev–Trinajstić information content (AvgIpc) is 2.55.